The van der Waals surface area contributed by atoms with E-state index in [0.717, 1.165) is 0 Å². The standard InChI is InChI=1S/C17H11.C5H5.CH4.2CH3.2ClH.Zr/c1-3-7-15-12(5-1)9-10-14-11-13-6-2-4-8-16(13)17(14)15;1-2-4-5-3-1;;;;;;/h1-11H;1-3H,4H2;1H4;2*1H3;2*1H;/q;;;;;;;+2/p-2. The van der Waals surface area contributed by atoms with Crippen molar-refractivity contribution in [3.8, 4) is 11.1 Å². The molecule has 3 aromatic carbocycles. The number of halogens is 2. The number of benzene rings is 3. The van der Waals surface area contributed by atoms with E-state index in [2.05, 4.69) is 88.2 Å². The molecule has 0 aliphatic heterocycles. The summed E-state index contributed by atoms with van der Waals surface area (Å²) in [5, 5.41) is 2.77. The van der Waals surface area contributed by atoms with Gasteiger partial charge < -0.3 is 24.8 Å². The Balaban J connectivity index is 0.000000934. The van der Waals surface area contributed by atoms with Gasteiger partial charge in [-0.1, -0.05) is 7.43 Å². The summed E-state index contributed by atoms with van der Waals surface area (Å²) in [6.07, 6.45) is 8.18. The van der Waals surface area contributed by atoms with Gasteiger partial charge in [0.2, 0.25) is 0 Å². The van der Waals surface area contributed by atoms with E-state index >= 15 is 0 Å². The Kier molecular flexibility index (Phi) is 7.19. The van der Waals surface area contributed by atoms with Crippen molar-refractivity contribution in [1.29, 1.82) is 0 Å². The van der Waals surface area contributed by atoms with Crippen LogP contribution in [0.5, 0.6) is 0 Å². The first-order valence-corrected chi connectivity index (χ1v) is 16.7. The fraction of sp³-hybridized carbons (Fsp3) is 0.200. The summed E-state index contributed by atoms with van der Waals surface area (Å²) >= 11 is -2.52. The van der Waals surface area contributed by atoms with Gasteiger partial charge in [0.05, 0.1) is 0 Å². The van der Waals surface area contributed by atoms with E-state index in [9.17, 15) is 0 Å². The summed E-state index contributed by atoms with van der Waals surface area (Å²) in [5.41, 5.74) is 6.11. The molecule has 0 saturated heterocycles. The Bertz CT molecular complexity index is 1060. The maximum Gasteiger partial charge on any atom is -1.00 e. The summed E-state index contributed by atoms with van der Waals surface area (Å²) < 4.78 is 7.62. The zero-order valence-electron chi connectivity index (χ0n) is 15.5. The summed E-state index contributed by atoms with van der Waals surface area (Å²) in [7, 11) is 0. The third kappa shape index (κ3) is 3.37. The Morgan fingerprint density at radius 2 is 1.54 bits per heavy atom. The molecule has 1 atom stereocenters. The fourth-order valence-electron chi connectivity index (χ4n) is 4.86. The number of hydrogen-bond donors (Lipinski definition) is 0. The average Bonchev–Trinajstić information content (AvgIpc) is 3.28. The quantitative estimate of drug-likeness (QED) is 0.515. The minimum absolute atomic E-state index is 0. The maximum absolute atomic E-state index is 2.62. The van der Waals surface area contributed by atoms with Gasteiger partial charge >= 0.3 is 155 Å². The second-order valence-corrected chi connectivity index (χ2v) is 19.3. The molecule has 0 fully saturated rings. The largest absolute Gasteiger partial charge is 1.00 e. The van der Waals surface area contributed by atoms with E-state index in [1.54, 1.807) is 14.4 Å². The number of allylic oxidation sites excluding steroid dienone is 4. The molecule has 2 aliphatic rings. The van der Waals surface area contributed by atoms with Crippen molar-refractivity contribution >= 4 is 10.8 Å². The van der Waals surface area contributed by atoms with Crippen LogP contribution < -0.4 is 24.8 Å². The van der Waals surface area contributed by atoms with Crippen LogP contribution in [0.1, 0.15) is 28.6 Å². The Labute approximate surface area is 186 Å². The molecule has 3 heteroatoms. The normalized spacial score (nSPS) is 15.8. The molecule has 28 heavy (non-hydrogen) atoms. The predicted octanol–water partition coefficient (Wildman–Crippen LogP) is 1.65. The van der Waals surface area contributed by atoms with Gasteiger partial charge in [0.15, 0.2) is 0 Å². The molecule has 0 bridgehead atoms. The Morgan fingerprint density at radius 1 is 0.821 bits per heavy atom. The molecule has 5 rings (SSSR count). The fourth-order valence-corrected chi connectivity index (χ4v) is 13.7. The van der Waals surface area contributed by atoms with Gasteiger partial charge in [-0.15, -0.1) is 0 Å². The van der Waals surface area contributed by atoms with E-state index in [1.165, 1.54) is 28.3 Å². The van der Waals surface area contributed by atoms with Crippen LogP contribution in [-0.2, 0) is 20.3 Å². The molecule has 2 aliphatic carbocycles. The molecule has 144 valence electrons. The van der Waals surface area contributed by atoms with Crippen molar-refractivity contribution < 1.29 is 45.1 Å². The van der Waals surface area contributed by atoms with Crippen molar-refractivity contribution in [3.63, 3.8) is 0 Å². The summed E-state index contributed by atoms with van der Waals surface area (Å²) in [6.45, 7) is 0. The first-order valence-electron chi connectivity index (χ1n) is 9.15. The SMILES string of the molecule is C.[CH3][Zr+2]([CH3])([C]1=CC=CC1)[CH]1c2ccccc2-c2c1ccc1ccccc21.[Cl-].[Cl-]. The molecule has 0 saturated carbocycles. The molecule has 0 aromatic heterocycles. The molecular formula is C25H26Cl2Zr. The van der Waals surface area contributed by atoms with Crippen molar-refractivity contribution in [1.82, 2.24) is 0 Å². The summed E-state index contributed by atoms with van der Waals surface area (Å²) in [5.74, 6) is 0. The molecule has 3 aromatic rings. The minimum Gasteiger partial charge on any atom is -1.00 e. The molecule has 1 unspecified atom stereocenters. The Hall–Kier alpha value is -1.14. The monoisotopic (exact) mass is 486 g/mol. The van der Waals surface area contributed by atoms with Gasteiger partial charge in [-0.2, -0.15) is 0 Å². The van der Waals surface area contributed by atoms with Crippen LogP contribution in [-0.4, -0.2) is 0 Å². The van der Waals surface area contributed by atoms with Gasteiger partial charge in [0.1, 0.15) is 0 Å². The van der Waals surface area contributed by atoms with Crippen LogP contribution in [0.3, 0.4) is 0 Å². The predicted molar refractivity (Wildman–Crippen MR) is 112 cm³/mol. The molecular weight excluding hydrogens is 462 g/mol. The maximum atomic E-state index is 2.62. The molecule has 0 spiro atoms. The first-order chi connectivity index (χ1) is 12.2. The van der Waals surface area contributed by atoms with Crippen LogP contribution in [0.15, 0.2) is 82.2 Å². The van der Waals surface area contributed by atoms with Gasteiger partial charge in [-0.05, 0) is 0 Å². The number of rotatable bonds is 2. The molecule has 0 radical (unpaired) electrons. The van der Waals surface area contributed by atoms with E-state index in [4.69, 9.17) is 0 Å². The third-order valence-electron chi connectivity index (χ3n) is 6.13. The van der Waals surface area contributed by atoms with Gasteiger partial charge in [-0.25, -0.2) is 0 Å². The molecule has 0 N–H and O–H groups in total. The average molecular weight is 489 g/mol. The van der Waals surface area contributed by atoms with Gasteiger partial charge in [0, 0.05) is 0 Å². The molecule has 0 nitrogen and oxygen atoms in total. The molecule has 0 heterocycles. The second kappa shape index (κ2) is 8.70. The second-order valence-electron chi connectivity index (χ2n) is 7.82. The molecule has 0 amide bonds. The van der Waals surface area contributed by atoms with Crippen LogP contribution in [0.4, 0.5) is 0 Å². The first kappa shape index (κ1) is 23.1. The van der Waals surface area contributed by atoms with E-state index in [1.807, 2.05) is 0 Å². The summed E-state index contributed by atoms with van der Waals surface area (Å²) in [6, 6.07) is 22.8. The number of hydrogen-bond acceptors (Lipinski definition) is 0. The summed E-state index contributed by atoms with van der Waals surface area (Å²) in [4.78, 5) is 0. The van der Waals surface area contributed by atoms with Crippen LogP contribution in [0.25, 0.3) is 21.9 Å². The third-order valence-corrected chi connectivity index (χ3v) is 16.2. The topological polar surface area (TPSA) is 0 Å². The van der Waals surface area contributed by atoms with Gasteiger partial charge in [-0.3, -0.25) is 0 Å². The van der Waals surface area contributed by atoms with Crippen molar-refractivity contribution in [2.45, 2.75) is 26.7 Å². The van der Waals surface area contributed by atoms with E-state index < -0.39 is 20.3 Å². The van der Waals surface area contributed by atoms with E-state index in [0.29, 0.717) is 3.63 Å². The minimum atomic E-state index is -2.52. The van der Waals surface area contributed by atoms with Crippen molar-refractivity contribution in [2.75, 3.05) is 0 Å². The van der Waals surface area contributed by atoms with Crippen LogP contribution >= 0.6 is 0 Å². The van der Waals surface area contributed by atoms with Crippen LogP contribution in [0, 0.1) is 0 Å². The zero-order valence-corrected chi connectivity index (χ0v) is 19.5. The smallest absolute Gasteiger partial charge is 1.00 e. The zero-order chi connectivity index (χ0) is 17.0. The van der Waals surface area contributed by atoms with Gasteiger partial charge in [0.25, 0.3) is 0 Å². The van der Waals surface area contributed by atoms with Crippen LogP contribution in [0.2, 0.25) is 9.26 Å². The van der Waals surface area contributed by atoms with Crippen molar-refractivity contribution in [2.24, 2.45) is 0 Å². The van der Waals surface area contributed by atoms with Crippen molar-refractivity contribution in [3.05, 3.63) is 93.3 Å². The van der Waals surface area contributed by atoms with E-state index in [-0.39, 0.29) is 32.2 Å². The Morgan fingerprint density at radius 3 is 2.29 bits per heavy atom. The number of fused-ring (bicyclic) bond motifs is 5.